The summed E-state index contributed by atoms with van der Waals surface area (Å²) in [6.07, 6.45) is 97.8. The average molecular weight is 1150 g/mol. The van der Waals surface area contributed by atoms with Crippen LogP contribution in [0.3, 0.4) is 0 Å². The molecule has 6 heteroatoms. The number of hydrogen-bond acceptors (Lipinski definition) is 6. The van der Waals surface area contributed by atoms with Crippen molar-refractivity contribution in [2.75, 3.05) is 13.2 Å². The van der Waals surface area contributed by atoms with Gasteiger partial charge in [0, 0.05) is 19.3 Å². The molecule has 0 aromatic rings. The van der Waals surface area contributed by atoms with Crippen molar-refractivity contribution in [3.8, 4) is 0 Å². The normalized spacial score (nSPS) is 12.9. The van der Waals surface area contributed by atoms with E-state index in [0.29, 0.717) is 19.3 Å². The molecule has 1 unspecified atom stereocenters. The highest BCUT2D eigenvalue weighted by molar-refractivity contribution is 5.71. The summed E-state index contributed by atoms with van der Waals surface area (Å²) < 4.78 is 17.0. The monoisotopic (exact) mass is 1150 g/mol. The smallest absolute Gasteiger partial charge is 0.306 e. The Hall–Kier alpha value is -4.19. The predicted molar refractivity (Wildman–Crippen MR) is 362 cm³/mol. The van der Waals surface area contributed by atoms with Gasteiger partial charge in [-0.2, -0.15) is 0 Å². The first-order valence-electron chi connectivity index (χ1n) is 35.0. The minimum Gasteiger partial charge on any atom is -0.462 e. The number of carbonyl (C=O) groups is 3. The molecule has 0 aromatic heterocycles. The summed E-state index contributed by atoms with van der Waals surface area (Å²) in [6.45, 7) is 6.50. The summed E-state index contributed by atoms with van der Waals surface area (Å²) in [5.74, 6) is -0.912. The highest BCUT2D eigenvalue weighted by atomic mass is 16.6. The predicted octanol–water partition coefficient (Wildman–Crippen LogP) is 24.3. The molecule has 0 N–H and O–H groups in total. The molecule has 0 saturated heterocycles. The van der Waals surface area contributed by atoms with Crippen molar-refractivity contribution in [2.24, 2.45) is 0 Å². The van der Waals surface area contributed by atoms with Gasteiger partial charge >= 0.3 is 17.9 Å². The molecule has 0 aliphatic carbocycles. The summed E-state index contributed by atoms with van der Waals surface area (Å²) in [7, 11) is 0. The van der Waals surface area contributed by atoms with Gasteiger partial charge in [-0.3, -0.25) is 14.4 Å². The van der Waals surface area contributed by atoms with Crippen molar-refractivity contribution in [3.05, 3.63) is 122 Å². The van der Waals surface area contributed by atoms with Crippen molar-refractivity contribution < 1.29 is 28.6 Å². The first kappa shape index (κ1) is 78.8. The maximum atomic E-state index is 13.0. The van der Waals surface area contributed by atoms with Crippen molar-refractivity contribution in [3.63, 3.8) is 0 Å². The third-order valence-corrected chi connectivity index (χ3v) is 14.9. The second-order valence-corrected chi connectivity index (χ2v) is 23.1. The molecule has 474 valence electrons. The Balaban J connectivity index is 4.45. The van der Waals surface area contributed by atoms with Crippen LogP contribution >= 0.6 is 0 Å². The molecule has 1 atom stereocenters. The van der Waals surface area contributed by atoms with E-state index in [2.05, 4.69) is 142 Å². The zero-order valence-corrected chi connectivity index (χ0v) is 54.4. The molecule has 83 heavy (non-hydrogen) atoms. The van der Waals surface area contributed by atoms with Gasteiger partial charge in [0.15, 0.2) is 6.10 Å². The number of allylic oxidation sites excluding steroid dienone is 20. The molecule has 0 aromatic carbocycles. The van der Waals surface area contributed by atoms with Crippen LogP contribution in [0.5, 0.6) is 0 Å². The Morgan fingerprint density at radius 3 is 0.759 bits per heavy atom. The fourth-order valence-corrected chi connectivity index (χ4v) is 9.68. The van der Waals surface area contributed by atoms with Gasteiger partial charge in [0.1, 0.15) is 13.2 Å². The van der Waals surface area contributed by atoms with Crippen LogP contribution in [-0.2, 0) is 28.6 Å². The summed E-state index contributed by atoms with van der Waals surface area (Å²) >= 11 is 0. The van der Waals surface area contributed by atoms with Crippen LogP contribution in [0, 0.1) is 0 Å². The third kappa shape index (κ3) is 68.5. The summed E-state index contributed by atoms with van der Waals surface area (Å²) in [4.78, 5) is 38.5. The minimum absolute atomic E-state index is 0.0906. The van der Waals surface area contributed by atoms with E-state index in [4.69, 9.17) is 14.2 Å². The number of esters is 3. The lowest BCUT2D eigenvalue weighted by Crippen LogP contribution is -2.30. The van der Waals surface area contributed by atoms with Crippen LogP contribution < -0.4 is 0 Å². The van der Waals surface area contributed by atoms with E-state index in [1.807, 2.05) is 0 Å². The first-order valence-corrected chi connectivity index (χ1v) is 35.0. The molecule has 0 spiro atoms. The van der Waals surface area contributed by atoms with E-state index in [0.717, 1.165) is 122 Å². The molecule has 0 aliphatic heterocycles. The maximum Gasteiger partial charge on any atom is 0.306 e. The Morgan fingerprint density at radius 1 is 0.253 bits per heavy atom. The maximum absolute atomic E-state index is 13.0. The van der Waals surface area contributed by atoms with Crippen LogP contribution in [0.15, 0.2) is 122 Å². The fourth-order valence-electron chi connectivity index (χ4n) is 9.68. The van der Waals surface area contributed by atoms with Crippen molar-refractivity contribution in [2.45, 2.75) is 335 Å². The van der Waals surface area contributed by atoms with Gasteiger partial charge in [-0.25, -0.2) is 0 Å². The minimum atomic E-state index is -0.798. The molecule has 0 rings (SSSR count). The molecular formula is C77H130O6. The lowest BCUT2D eigenvalue weighted by molar-refractivity contribution is -0.167. The Kier molecular flexibility index (Phi) is 66.7. The van der Waals surface area contributed by atoms with E-state index in [1.165, 1.54) is 167 Å². The third-order valence-electron chi connectivity index (χ3n) is 14.9. The Bertz CT molecular complexity index is 1700. The SMILES string of the molecule is CC/C=C\C/C=C\C/C=C\C/C=C\C/C=C\C/C=C\CCCCCCC(=O)OCC(COC(=O)CCCCCCCCCCC/C=C\C/C=C\CCCCC)OC(=O)CCCCCCCCCCCCC/C=C\C/C=C\CCCCCCC. The lowest BCUT2D eigenvalue weighted by Gasteiger charge is -2.18. The molecule has 0 saturated carbocycles. The zero-order valence-electron chi connectivity index (χ0n) is 54.4. The molecule has 0 radical (unpaired) electrons. The Labute approximate surface area is 513 Å². The van der Waals surface area contributed by atoms with Crippen molar-refractivity contribution >= 4 is 17.9 Å². The van der Waals surface area contributed by atoms with E-state index in [-0.39, 0.29) is 31.1 Å². The van der Waals surface area contributed by atoms with Gasteiger partial charge in [0.2, 0.25) is 0 Å². The molecule has 6 nitrogen and oxygen atoms in total. The number of carbonyl (C=O) groups excluding carboxylic acids is 3. The van der Waals surface area contributed by atoms with Gasteiger partial charge < -0.3 is 14.2 Å². The number of hydrogen-bond donors (Lipinski definition) is 0. The number of rotatable bonds is 63. The van der Waals surface area contributed by atoms with E-state index >= 15 is 0 Å². The van der Waals surface area contributed by atoms with Crippen LogP contribution in [0.25, 0.3) is 0 Å². The molecule has 0 amide bonds. The van der Waals surface area contributed by atoms with Crippen molar-refractivity contribution in [1.82, 2.24) is 0 Å². The van der Waals surface area contributed by atoms with Gasteiger partial charge in [-0.1, -0.05) is 296 Å². The molecule has 0 heterocycles. The molecule has 0 bridgehead atoms. The highest BCUT2D eigenvalue weighted by Gasteiger charge is 2.19. The summed E-state index contributed by atoms with van der Waals surface area (Å²) in [5, 5.41) is 0. The fraction of sp³-hybridized carbons (Fsp3) is 0.701. The summed E-state index contributed by atoms with van der Waals surface area (Å²) in [6, 6.07) is 0. The van der Waals surface area contributed by atoms with Gasteiger partial charge in [-0.05, 0) is 135 Å². The quantitative estimate of drug-likeness (QED) is 0.0261. The molecular weight excluding hydrogens is 1020 g/mol. The largest absolute Gasteiger partial charge is 0.462 e. The lowest BCUT2D eigenvalue weighted by atomic mass is 10.0. The van der Waals surface area contributed by atoms with Crippen molar-refractivity contribution in [1.29, 1.82) is 0 Å². The molecule has 0 fully saturated rings. The highest BCUT2D eigenvalue weighted by Crippen LogP contribution is 2.16. The van der Waals surface area contributed by atoms with Crippen LogP contribution in [-0.4, -0.2) is 37.2 Å². The number of unbranched alkanes of at least 4 members (excludes halogenated alkanes) is 32. The van der Waals surface area contributed by atoms with Gasteiger partial charge in [0.05, 0.1) is 0 Å². The first-order chi connectivity index (χ1) is 41.0. The van der Waals surface area contributed by atoms with E-state index < -0.39 is 6.10 Å². The van der Waals surface area contributed by atoms with Gasteiger partial charge in [-0.15, -0.1) is 0 Å². The van der Waals surface area contributed by atoms with Crippen LogP contribution in [0.2, 0.25) is 0 Å². The Morgan fingerprint density at radius 2 is 0.470 bits per heavy atom. The van der Waals surface area contributed by atoms with Crippen LogP contribution in [0.4, 0.5) is 0 Å². The second-order valence-electron chi connectivity index (χ2n) is 23.1. The van der Waals surface area contributed by atoms with Gasteiger partial charge in [0.25, 0.3) is 0 Å². The number of ether oxygens (including phenoxy) is 3. The second kappa shape index (κ2) is 70.3. The molecule has 0 aliphatic rings. The zero-order chi connectivity index (χ0) is 59.9. The van der Waals surface area contributed by atoms with E-state index in [1.54, 1.807) is 0 Å². The summed E-state index contributed by atoms with van der Waals surface area (Å²) in [5.41, 5.74) is 0. The topological polar surface area (TPSA) is 78.9 Å². The average Bonchev–Trinajstić information content (AvgIpc) is 3.49. The van der Waals surface area contributed by atoms with Crippen LogP contribution in [0.1, 0.15) is 329 Å². The standard InChI is InChI=1S/C77H130O6/c1-4-7-10-13-16-19-22-25-28-31-34-36-38-40-43-46-49-52-55-58-61-64-67-70-76(79)82-73-74(72-81-75(78)69-66-63-60-57-54-51-48-45-42-33-30-27-24-21-18-15-12-9-6-3)83-77(80)71-68-65-62-59-56-53-50-47-44-41-39-37-35-32-29-26-23-20-17-14-11-8-5-2/h7,10,16,18-19,21,23,25-28,30,32,34-36,40,43,49,52,74H,4-6,8-9,11-15,17,20,22,24,29,31,33,37-39,41-42,44-48,50-51,53-73H2,1-3H3/b10-7-,19-16-,21-18-,26-23-,28-25-,30-27-,35-32-,36-34-,43-40-,52-49-. The van der Waals surface area contributed by atoms with E-state index in [9.17, 15) is 14.4 Å².